The van der Waals surface area contributed by atoms with Gasteiger partial charge in [0.25, 0.3) is 0 Å². The summed E-state index contributed by atoms with van der Waals surface area (Å²) in [6.07, 6.45) is 0. The van der Waals surface area contributed by atoms with Crippen LogP contribution in [-0.2, 0) is 16.4 Å². The molecule has 1 saturated heterocycles. The van der Waals surface area contributed by atoms with Gasteiger partial charge in [0.2, 0.25) is 0 Å². The van der Waals surface area contributed by atoms with Crippen molar-refractivity contribution in [3.05, 3.63) is 28.2 Å². The number of nitrogens with zero attached hydrogens (tertiary/aromatic N) is 1. The molecule has 1 heterocycles. The monoisotopic (exact) mass is 318 g/mol. The molecule has 0 radical (unpaired) electrons. The SMILES string of the molecule is NCc1cc(Br)cc(N2CCS(=O)(=O)CC2)c1. The first-order valence-electron chi connectivity index (χ1n) is 5.45. The van der Waals surface area contributed by atoms with Gasteiger partial charge in [-0.1, -0.05) is 15.9 Å². The maximum atomic E-state index is 11.4. The Kier molecular flexibility index (Phi) is 3.75. The van der Waals surface area contributed by atoms with Gasteiger partial charge in [0, 0.05) is 29.8 Å². The lowest BCUT2D eigenvalue weighted by atomic mass is 10.2. The van der Waals surface area contributed by atoms with Crippen molar-refractivity contribution >= 4 is 31.5 Å². The van der Waals surface area contributed by atoms with Crippen LogP contribution in [0.3, 0.4) is 0 Å². The molecular formula is C11H15BrN2O2S. The number of anilines is 1. The van der Waals surface area contributed by atoms with Crippen LogP contribution in [-0.4, -0.2) is 33.0 Å². The summed E-state index contributed by atoms with van der Waals surface area (Å²) < 4.78 is 23.7. The molecule has 0 bridgehead atoms. The average Bonchev–Trinajstić information content (AvgIpc) is 2.28. The highest BCUT2D eigenvalue weighted by Gasteiger charge is 2.21. The third kappa shape index (κ3) is 3.20. The van der Waals surface area contributed by atoms with Gasteiger partial charge in [-0.05, 0) is 23.8 Å². The van der Waals surface area contributed by atoms with Gasteiger partial charge in [-0.25, -0.2) is 8.42 Å². The third-order valence-corrected chi connectivity index (χ3v) is 4.95. The Hall–Kier alpha value is -0.590. The molecule has 0 saturated carbocycles. The molecule has 4 nitrogen and oxygen atoms in total. The van der Waals surface area contributed by atoms with Gasteiger partial charge in [0.15, 0.2) is 9.84 Å². The summed E-state index contributed by atoms with van der Waals surface area (Å²) in [5.41, 5.74) is 7.71. The second kappa shape index (κ2) is 4.96. The van der Waals surface area contributed by atoms with Crippen molar-refractivity contribution in [2.24, 2.45) is 5.73 Å². The van der Waals surface area contributed by atoms with E-state index in [0.29, 0.717) is 19.6 Å². The van der Waals surface area contributed by atoms with Crippen LogP contribution in [0.25, 0.3) is 0 Å². The lowest BCUT2D eigenvalue weighted by Crippen LogP contribution is -2.40. The summed E-state index contributed by atoms with van der Waals surface area (Å²) >= 11 is 3.44. The van der Waals surface area contributed by atoms with E-state index in [1.54, 1.807) is 0 Å². The Labute approximate surface area is 110 Å². The van der Waals surface area contributed by atoms with Crippen LogP contribution in [0.1, 0.15) is 5.56 Å². The standard InChI is InChI=1S/C11H15BrN2O2S/c12-10-5-9(8-13)6-11(7-10)14-1-3-17(15,16)4-2-14/h5-7H,1-4,8,13H2. The molecule has 2 rings (SSSR count). The molecule has 1 aliphatic rings. The number of rotatable bonds is 2. The molecule has 0 amide bonds. The zero-order chi connectivity index (χ0) is 12.5. The molecule has 0 aliphatic carbocycles. The van der Waals surface area contributed by atoms with Crippen LogP contribution in [0, 0.1) is 0 Å². The summed E-state index contributed by atoms with van der Waals surface area (Å²) in [6, 6.07) is 5.99. The van der Waals surface area contributed by atoms with Crippen LogP contribution >= 0.6 is 15.9 Å². The Morgan fingerprint density at radius 1 is 1.24 bits per heavy atom. The molecule has 17 heavy (non-hydrogen) atoms. The Balaban J connectivity index is 2.21. The first-order chi connectivity index (χ1) is 8.00. The second-order valence-electron chi connectivity index (χ2n) is 4.16. The minimum absolute atomic E-state index is 0.234. The highest BCUT2D eigenvalue weighted by molar-refractivity contribution is 9.10. The number of hydrogen-bond donors (Lipinski definition) is 1. The number of hydrogen-bond acceptors (Lipinski definition) is 4. The van der Waals surface area contributed by atoms with E-state index >= 15 is 0 Å². The third-order valence-electron chi connectivity index (χ3n) is 2.89. The van der Waals surface area contributed by atoms with E-state index in [9.17, 15) is 8.42 Å². The van der Waals surface area contributed by atoms with Crippen LogP contribution in [0.15, 0.2) is 22.7 Å². The van der Waals surface area contributed by atoms with E-state index < -0.39 is 9.84 Å². The lowest BCUT2D eigenvalue weighted by Gasteiger charge is -2.29. The van der Waals surface area contributed by atoms with Crippen LogP contribution in [0.5, 0.6) is 0 Å². The van der Waals surface area contributed by atoms with Gasteiger partial charge in [0.1, 0.15) is 0 Å². The van der Waals surface area contributed by atoms with E-state index in [2.05, 4.69) is 20.8 Å². The van der Waals surface area contributed by atoms with Crippen molar-refractivity contribution in [3.8, 4) is 0 Å². The predicted octanol–water partition coefficient (Wildman–Crippen LogP) is 1.14. The lowest BCUT2D eigenvalue weighted by molar-refractivity contribution is 0.587. The van der Waals surface area contributed by atoms with Gasteiger partial charge in [-0.3, -0.25) is 0 Å². The number of sulfone groups is 1. The largest absolute Gasteiger partial charge is 0.369 e. The summed E-state index contributed by atoms with van der Waals surface area (Å²) in [7, 11) is -2.83. The number of benzene rings is 1. The zero-order valence-electron chi connectivity index (χ0n) is 9.39. The maximum absolute atomic E-state index is 11.4. The molecule has 1 aliphatic heterocycles. The van der Waals surface area contributed by atoms with Crippen LogP contribution < -0.4 is 10.6 Å². The van der Waals surface area contributed by atoms with Gasteiger partial charge >= 0.3 is 0 Å². The van der Waals surface area contributed by atoms with Gasteiger partial charge in [-0.15, -0.1) is 0 Å². The molecule has 94 valence electrons. The van der Waals surface area contributed by atoms with Gasteiger partial charge in [-0.2, -0.15) is 0 Å². The van der Waals surface area contributed by atoms with Gasteiger partial charge < -0.3 is 10.6 Å². The van der Waals surface area contributed by atoms with Crippen molar-refractivity contribution < 1.29 is 8.42 Å². The van der Waals surface area contributed by atoms with Crippen molar-refractivity contribution in [1.29, 1.82) is 0 Å². The molecule has 1 aromatic rings. The van der Waals surface area contributed by atoms with Crippen molar-refractivity contribution in [1.82, 2.24) is 0 Å². The number of nitrogens with two attached hydrogens (primary N) is 1. The zero-order valence-corrected chi connectivity index (χ0v) is 11.8. The second-order valence-corrected chi connectivity index (χ2v) is 7.38. The van der Waals surface area contributed by atoms with E-state index in [1.165, 1.54) is 0 Å². The van der Waals surface area contributed by atoms with Crippen LogP contribution in [0.4, 0.5) is 5.69 Å². The Morgan fingerprint density at radius 3 is 2.47 bits per heavy atom. The molecule has 6 heteroatoms. The van der Waals surface area contributed by atoms with Crippen molar-refractivity contribution in [3.63, 3.8) is 0 Å². The normalized spacial score (nSPS) is 19.3. The summed E-state index contributed by atoms with van der Waals surface area (Å²) in [5.74, 6) is 0.467. The van der Waals surface area contributed by atoms with E-state index in [0.717, 1.165) is 15.7 Å². The predicted molar refractivity (Wildman–Crippen MR) is 72.9 cm³/mol. The molecule has 0 aromatic heterocycles. The van der Waals surface area contributed by atoms with E-state index in [4.69, 9.17) is 5.73 Å². The van der Waals surface area contributed by atoms with Crippen LogP contribution in [0.2, 0.25) is 0 Å². The Bertz CT molecular complexity index is 502. The summed E-state index contributed by atoms with van der Waals surface area (Å²) in [6.45, 7) is 1.60. The smallest absolute Gasteiger partial charge is 0.153 e. The fourth-order valence-corrected chi connectivity index (χ4v) is 3.63. The van der Waals surface area contributed by atoms with Crippen molar-refractivity contribution in [2.75, 3.05) is 29.5 Å². The fraction of sp³-hybridized carbons (Fsp3) is 0.455. The summed E-state index contributed by atoms with van der Waals surface area (Å²) in [4.78, 5) is 2.09. The molecule has 2 N–H and O–H groups in total. The highest BCUT2D eigenvalue weighted by Crippen LogP contribution is 2.24. The van der Waals surface area contributed by atoms with Crippen molar-refractivity contribution in [2.45, 2.75) is 6.54 Å². The topological polar surface area (TPSA) is 63.4 Å². The molecule has 1 aromatic carbocycles. The Morgan fingerprint density at radius 2 is 1.88 bits per heavy atom. The summed E-state index contributed by atoms with van der Waals surface area (Å²) in [5, 5.41) is 0. The maximum Gasteiger partial charge on any atom is 0.153 e. The van der Waals surface area contributed by atoms with E-state index in [1.807, 2.05) is 18.2 Å². The van der Waals surface area contributed by atoms with E-state index in [-0.39, 0.29) is 11.5 Å². The average molecular weight is 319 g/mol. The molecular weight excluding hydrogens is 304 g/mol. The fourth-order valence-electron chi connectivity index (χ4n) is 1.90. The molecule has 0 unspecified atom stereocenters. The quantitative estimate of drug-likeness (QED) is 0.888. The first kappa shape index (κ1) is 12.9. The highest BCUT2D eigenvalue weighted by atomic mass is 79.9. The molecule has 0 spiro atoms. The molecule has 1 fully saturated rings. The minimum atomic E-state index is -2.83. The number of halogens is 1. The minimum Gasteiger partial charge on any atom is -0.369 e. The first-order valence-corrected chi connectivity index (χ1v) is 8.06. The van der Waals surface area contributed by atoms with Gasteiger partial charge in [0.05, 0.1) is 11.5 Å². The molecule has 0 atom stereocenters.